The molecule has 1 aromatic heterocycles. The molecule has 1 aliphatic carbocycles. The molecular weight excluding hydrogens is 739 g/mol. The average molecular weight is 778 g/mol. The van der Waals surface area contributed by atoms with Gasteiger partial charge in [0.25, 0.3) is 0 Å². The van der Waals surface area contributed by atoms with Gasteiger partial charge in [-0.25, -0.2) is 0 Å². The molecule has 0 fully saturated rings. The van der Waals surface area contributed by atoms with Crippen LogP contribution < -0.4 is 4.90 Å². The summed E-state index contributed by atoms with van der Waals surface area (Å²) < 4.78 is 6.31. The van der Waals surface area contributed by atoms with Gasteiger partial charge in [0.15, 0.2) is 0 Å². The maximum atomic E-state index is 6.31. The predicted molar refractivity (Wildman–Crippen MR) is 254 cm³/mol. The minimum atomic E-state index is -0.476. The van der Waals surface area contributed by atoms with E-state index in [9.17, 15) is 0 Å². The molecule has 0 saturated carbocycles. The molecule has 286 valence electrons. The van der Waals surface area contributed by atoms with Crippen LogP contribution in [0.3, 0.4) is 0 Å². The Balaban J connectivity index is 1.10. The fourth-order valence-electron chi connectivity index (χ4n) is 10.2. The van der Waals surface area contributed by atoms with Gasteiger partial charge in [-0.05, 0) is 103 Å². The zero-order valence-corrected chi connectivity index (χ0v) is 33.4. The van der Waals surface area contributed by atoms with E-state index in [-0.39, 0.29) is 0 Å². The van der Waals surface area contributed by atoms with Gasteiger partial charge in [-0.2, -0.15) is 0 Å². The van der Waals surface area contributed by atoms with E-state index in [1.807, 2.05) is 12.1 Å². The lowest BCUT2D eigenvalue weighted by Crippen LogP contribution is -2.28. The highest BCUT2D eigenvalue weighted by molar-refractivity contribution is 6.12. The van der Waals surface area contributed by atoms with E-state index >= 15 is 0 Å². The van der Waals surface area contributed by atoms with Crippen LogP contribution in [0, 0.1) is 0 Å². The van der Waals surface area contributed by atoms with Crippen LogP contribution in [0.4, 0.5) is 17.1 Å². The summed E-state index contributed by atoms with van der Waals surface area (Å²) in [6.45, 7) is 0. The number of hydrogen-bond donors (Lipinski definition) is 0. The third kappa shape index (κ3) is 5.43. The fraction of sp³-hybridized carbons (Fsp3) is 0.0169. The summed E-state index contributed by atoms with van der Waals surface area (Å²) in [5.41, 5.74) is 16.9. The molecule has 0 spiro atoms. The molecule has 0 N–H and O–H groups in total. The van der Waals surface area contributed by atoms with Crippen LogP contribution in [-0.2, 0) is 5.41 Å². The normalized spacial score (nSPS) is 12.7. The fourth-order valence-corrected chi connectivity index (χ4v) is 10.2. The van der Waals surface area contributed by atoms with Gasteiger partial charge in [0.05, 0.1) is 11.1 Å². The van der Waals surface area contributed by atoms with Crippen molar-refractivity contribution in [1.82, 2.24) is 0 Å². The van der Waals surface area contributed by atoms with Crippen LogP contribution in [0.15, 0.2) is 241 Å². The number of anilines is 3. The minimum absolute atomic E-state index is 0.476. The summed E-state index contributed by atoms with van der Waals surface area (Å²) in [6.07, 6.45) is 0. The van der Waals surface area contributed by atoms with E-state index in [1.54, 1.807) is 0 Å². The van der Waals surface area contributed by atoms with Crippen molar-refractivity contribution in [2.24, 2.45) is 0 Å². The van der Waals surface area contributed by atoms with E-state index < -0.39 is 5.41 Å². The molecule has 0 atom stereocenters. The van der Waals surface area contributed by atoms with Crippen LogP contribution in [-0.4, -0.2) is 0 Å². The molecule has 10 aromatic carbocycles. The molecule has 2 nitrogen and oxygen atoms in total. The Morgan fingerprint density at radius 3 is 1.72 bits per heavy atom. The summed E-state index contributed by atoms with van der Waals surface area (Å²) in [5, 5.41) is 4.69. The lowest BCUT2D eigenvalue weighted by molar-refractivity contribution is 0.669. The van der Waals surface area contributed by atoms with Crippen molar-refractivity contribution in [3.8, 4) is 33.4 Å². The highest BCUT2D eigenvalue weighted by atomic mass is 16.3. The number of benzene rings is 10. The van der Waals surface area contributed by atoms with Crippen molar-refractivity contribution in [1.29, 1.82) is 0 Å². The Hall–Kier alpha value is -7.94. The quantitative estimate of drug-likeness (QED) is 0.160. The van der Waals surface area contributed by atoms with E-state index in [1.165, 1.54) is 55.3 Å². The maximum Gasteiger partial charge on any atom is 0.136 e. The summed E-state index contributed by atoms with van der Waals surface area (Å²) in [6, 6.07) is 86.1. The van der Waals surface area contributed by atoms with Crippen LogP contribution in [0.5, 0.6) is 0 Å². The number of fused-ring (bicyclic) bond motifs is 7. The summed E-state index contributed by atoms with van der Waals surface area (Å²) >= 11 is 0. The van der Waals surface area contributed by atoms with E-state index in [4.69, 9.17) is 4.42 Å². The first-order valence-corrected chi connectivity index (χ1v) is 21.0. The maximum absolute atomic E-state index is 6.31. The van der Waals surface area contributed by atoms with Gasteiger partial charge in [0.1, 0.15) is 11.2 Å². The van der Waals surface area contributed by atoms with Crippen molar-refractivity contribution in [3.63, 3.8) is 0 Å². The Morgan fingerprint density at radius 1 is 0.361 bits per heavy atom. The third-order valence-electron chi connectivity index (χ3n) is 12.7. The summed E-state index contributed by atoms with van der Waals surface area (Å²) in [4.78, 5) is 2.46. The van der Waals surface area contributed by atoms with Gasteiger partial charge < -0.3 is 9.32 Å². The zero-order chi connectivity index (χ0) is 40.3. The topological polar surface area (TPSA) is 16.4 Å². The van der Waals surface area contributed by atoms with E-state index in [0.29, 0.717) is 0 Å². The molecule has 2 heteroatoms. The smallest absolute Gasteiger partial charge is 0.136 e. The monoisotopic (exact) mass is 777 g/mol. The standard InChI is InChI=1S/C59H39NO/c1-4-18-42(19-5-1)57-47-24-11-10-17-40(47)33-38-54(57)60(45-34-31-41(32-35-45)48-27-16-30-56-58(48)50-26-13-15-29-55(50)61-56)46-36-37-53-51(39-46)49-25-12-14-28-52(49)59(53,43-20-6-2-7-21-43)44-22-8-3-9-23-44/h1-39H. The molecule has 0 saturated heterocycles. The Kier molecular flexibility index (Phi) is 8.11. The second-order valence-corrected chi connectivity index (χ2v) is 16.0. The number of furan rings is 1. The van der Waals surface area contributed by atoms with Crippen LogP contribution in [0.25, 0.3) is 66.1 Å². The van der Waals surface area contributed by atoms with Crippen molar-refractivity contribution < 1.29 is 4.42 Å². The SMILES string of the molecule is c1ccc(-c2c(N(c3ccc(-c4cccc5oc6ccccc6c45)cc3)c3ccc4c(c3)-c3ccccc3C4(c3ccccc3)c3ccccc3)ccc3ccccc23)cc1. The molecule has 1 heterocycles. The second kappa shape index (κ2) is 14.1. The first kappa shape index (κ1) is 35.0. The van der Waals surface area contributed by atoms with Crippen molar-refractivity contribution >= 4 is 49.8 Å². The molecule has 1 aliphatic rings. The molecule has 0 amide bonds. The molecule has 0 radical (unpaired) electrons. The van der Waals surface area contributed by atoms with Gasteiger partial charge in [-0.15, -0.1) is 0 Å². The molecule has 0 bridgehead atoms. The van der Waals surface area contributed by atoms with Crippen LogP contribution in [0.1, 0.15) is 22.3 Å². The highest BCUT2D eigenvalue weighted by Crippen LogP contribution is 2.57. The van der Waals surface area contributed by atoms with Crippen LogP contribution in [0.2, 0.25) is 0 Å². The molecule has 11 aromatic rings. The highest BCUT2D eigenvalue weighted by Gasteiger charge is 2.46. The molecule has 0 aliphatic heterocycles. The average Bonchev–Trinajstić information content (AvgIpc) is 3.87. The Labute approximate surface area is 355 Å². The zero-order valence-electron chi connectivity index (χ0n) is 33.4. The van der Waals surface area contributed by atoms with E-state index in [2.05, 4.69) is 229 Å². The number of nitrogens with zero attached hydrogens (tertiary/aromatic N) is 1. The predicted octanol–water partition coefficient (Wildman–Crippen LogP) is 15.9. The van der Waals surface area contributed by atoms with Gasteiger partial charge in [-0.1, -0.05) is 194 Å². The van der Waals surface area contributed by atoms with Crippen LogP contribution >= 0.6 is 0 Å². The van der Waals surface area contributed by atoms with Gasteiger partial charge in [-0.3, -0.25) is 0 Å². The number of para-hydroxylation sites is 1. The lowest BCUT2D eigenvalue weighted by atomic mass is 9.68. The largest absolute Gasteiger partial charge is 0.456 e. The van der Waals surface area contributed by atoms with Gasteiger partial charge in [0.2, 0.25) is 0 Å². The second-order valence-electron chi connectivity index (χ2n) is 16.0. The first-order chi connectivity index (χ1) is 30.3. The molecular formula is C59H39NO. The van der Waals surface area contributed by atoms with Crippen molar-refractivity contribution in [2.45, 2.75) is 5.41 Å². The lowest BCUT2D eigenvalue weighted by Gasteiger charge is -2.34. The first-order valence-electron chi connectivity index (χ1n) is 21.0. The minimum Gasteiger partial charge on any atom is -0.456 e. The molecule has 61 heavy (non-hydrogen) atoms. The van der Waals surface area contributed by atoms with Crippen molar-refractivity contribution in [2.75, 3.05) is 4.90 Å². The number of hydrogen-bond acceptors (Lipinski definition) is 2. The Bertz CT molecular complexity index is 3360. The van der Waals surface area contributed by atoms with Crippen molar-refractivity contribution in [3.05, 3.63) is 259 Å². The molecule has 0 unspecified atom stereocenters. The number of rotatable bonds is 7. The Morgan fingerprint density at radius 2 is 0.951 bits per heavy atom. The third-order valence-corrected chi connectivity index (χ3v) is 12.7. The van der Waals surface area contributed by atoms with E-state index in [0.717, 1.165) is 50.1 Å². The summed E-state index contributed by atoms with van der Waals surface area (Å²) in [7, 11) is 0. The van der Waals surface area contributed by atoms with Gasteiger partial charge >= 0.3 is 0 Å². The summed E-state index contributed by atoms with van der Waals surface area (Å²) in [5.74, 6) is 0. The molecule has 12 rings (SSSR count). The van der Waals surface area contributed by atoms with Gasteiger partial charge in [0, 0.05) is 27.7 Å².